The van der Waals surface area contributed by atoms with Gasteiger partial charge in [-0.3, -0.25) is 14.4 Å². The SMILES string of the molecule is CCCCCCCCCCCCCCCCCCCCC(=O)O[C@H](COC(=O)CCCCCCCCCCCC)COC(=O)CCCCCCCCCCCCCCCCC(C)CC. The molecule has 0 aliphatic heterocycles. The monoisotopic (exact) mass is 905 g/mol. The molecule has 6 heteroatoms. The van der Waals surface area contributed by atoms with Gasteiger partial charge in [-0.25, -0.2) is 0 Å². The number of hydrogen-bond donors (Lipinski definition) is 0. The van der Waals surface area contributed by atoms with E-state index in [4.69, 9.17) is 14.2 Å². The summed E-state index contributed by atoms with van der Waals surface area (Å²) >= 11 is 0. The fourth-order valence-corrected chi connectivity index (χ4v) is 8.89. The van der Waals surface area contributed by atoms with Crippen molar-refractivity contribution in [1.29, 1.82) is 0 Å². The second-order valence-electron chi connectivity index (χ2n) is 20.2. The fourth-order valence-electron chi connectivity index (χ4n) is 8.89. The molecular formula is C58H112O6. The molecule has 380 valence electrons. The maximum Gasteiger partial charge on any atom is 0.306 e. The highest BCUT2D eigenvalue weighted by molar-refractivity contribution is 5.71. The molecule has 0 rings (SSSR count). The molecule has 0 saturated carbocycles. The molecule has 2 atom stereocenters. The van der Waals surface area contributed by atoms with Crippen molar-refractivity contribution >= 4 is 17.9 Å². The van der Waals surface area contributed by atoms with E-state index in [1.807, 2.05) is 0 Å². The largest absolute Gasteiger partial charge is 0.462 e. The van der Waals surface area contributed by atoms with Gasteiger partial charge in [0.15, 0.2) is 6.10 Å². The van der Waals surface area contributed by atoms with Gasteiger partial charge in [0.05, 0.1) is 0 Å². The summed E-state index contributed by atoms with van der Waals surface area (Å²) in [5, 5.41) is 0. The molecular weight excluding hydrogens is 793 g/mol. The Bertz CT molecular complexity index is 966. The molecule has 0 N–H and O–H groups in total. The fraction of sp³-hybridized carbons (Fsp3) is 0.948. The molecule has 0 amide bonds. The van der Waals surface area contributed by atoms with E-state index in [0.29, 0.717) is 19.3 Å². The van der Waals surface area contributed by atoms with Crippen molar-refractivity contribution in [3.05, 3.63) is 0 Å². The number of hydrogen-bond acceptors (Lipinski definition) is 6. The van der Waals surface area contributed by atoms with Gasteiger partial charge in [0, 0.05) is 19.3 Å². The van der Waals surface area contributed by atoms with Crippen molar-refractivity contribution in [2.24, 2.45) is 5.92 Å². The van der Waals surface area contributed by atoms with Crippen LogP contribution in [0.4, 0.5) is 0 Å². The van der Waals surface area contributed by atoms with E-state index >= 15 is 0 Å². The Morgan fingerprint density at radius 3 is 0.812 bits per heavy atom. The summed E-state index contributed by atoms with van der Waals surface area (Å²) < 4.78 is 16.9. The maximum absolute atomic E-state index is 12.8. The summed E-state index contributed by atoms with van der Waals surface area (Å²) in [6.45, 7) is 9.09. The third kappa shape index (κ3) is 49.8. The highest BCUT2D eigenvalue weighted by Gasteiger charge is 2.19. The van der Waals surface area contributed by atoms with Gasteiger partial charge in [-0.05, 0) is 25.2 Å². The third-order valence-electron chi connectivity index (χ3n) is 13.7. The predicted octanol–water partition coefficient (Wildman–Crippen LogP) is 19.0. The molecule has 0 bridgehead atoms. The van der Waals surface area contributed by atoms with Crippen LogP contribution in [0.5, 0.6) is 0 Å². The first-order chi connectivity index (χ1) is 31.4. The molecule has 0 aromatic rings. The van der Waals surface area contributed by atoms with Gasteiger partial charge in [-0.2, -0.15) is 0 Å². The summed E-state index contributed by atoms with van der Waals surface area (Å²) in [4.78, 5) is 38.1. The van der Waals surface area contributed by atoms with Crippen LogP contribution in [-0.4, -0.2) is 37.2 Å². The van der Waals surface area contributed by atoms with Gasteiger partial charge in [-0.15, -0.1) is 0 Å². The molecule has 0 aromatic carbocycles. The molecule has 0 aliphatic carbocycles. The molecule has 0 fully saturated rings. The summed E-state index contributed by atoms with van der Waals surface area (Å²) in [6.07, 6.45) is 56.6. The van der Waals surface area contributed by atoms with Crippen LogP contribution in [0.25, 0.3) is 0 Å². The highest BCUT2D eigenvalue weighted by atomic mass is 16.6. The topological polar surface area (TPSA) is 78.9 Å². The second kappa shape index (κ2) is 52.4. The van der Waals surface area contributed by atoms with Crippen molar-refractivity contribution in [2.45, 2.75) is 336 Å². The van der Waals surface area contributed by atoms with Crippen LogP contribution in [0.15, 0.2) is 0 Å². The van der Waals surface area contributed by atoms with Crippen molar-refractivity contribution in [3.8, 4) is 0 Å². The zero-order valence-corrected chi connectivity index (χ0v) is 43.8. The van der Waals surface area contributed by atoms with E-state index in [0.717, 1.165) is 63.7 Å². The van der Waals surface area contributed by atoms with Crippen LogP contribution in [-0.2, 0) is 28.6 Å². The lowest BCUT2D eigenvalue weighted by molar-refractivity contribution is -0.167. The molecule has 0 heterocycles. The average Bonchev–Trinajstić information content (AvgIpc) is 3.29. The van der Waals surface area contributed by atoms with Crippen molar-refractivity contribution in [3.63, 3.8) is 0 Å². The van der Waals surface area contributed by atoms with E-state index in [9.17, 15) is 14.4 Å². The minimum Gasteiger partial charge on any atom is -0.462 e. The Hall–Kier alpha value is -1.59. The van der Waals surface area contributed by atoms with Crippen LogP contribution in [0, 0.1) is 5.92 Å². The zero-order chi connectivity index (χ0) is 46.7. The standard InChI is InChI=1S/C58H112O6/c1-5-8-10-12-14-16-18-19-20-21-22-23-28-31-35-39-43-47-51-58(61)64-55(52-62-56(59)49-45-41-37-33-17-15-13-11-9-6-2)53-63-57(60)50-46-42-38-34-30-27-25-24-26-29-32-36-40-44-48-54(4)7-3/h54-55H,5-53H2,1-4H3/t54?,55-/m1/s1. The van der Waals surface area contributed by atoms with E-state index in [-0.39, 0.29) is 31.1 Å². The van der Waals surface area contributed by atoms with E-state index in [1.165, 1.54) is 225 Å². The van der Waals surface area contributed by atoms with Crippen LogP contribution >= 0.6 is 0 Å². The lowest BCUT2D eigenvalue weighted by atomic mass is 9.99. The molecule has 6 nitrogen and oxygen atoms in total. The average molecular weight is 906 g/mol. The third-order valence-corrected chi connectivity index (χ3v) is 13.7. The van der Waals surface area contributed by atoms with E-state index in [2.05, 4.69) is 27.7 Å². The van der Waals surface area contributed by atoms with Gasteiger partial charge in [-0.1, -0.05) is 291 Å². The quantitative estimate of drug-likeness (QED) is 0.0344. The van der Waals surface area contributed by atoms with Crippen LogP contribution < -0.4 is 0 Å². The maximum atomic E-state index is 12.8. The molecule has 0 aromatic heterocycles. The summed E-state index contributed by atoms with van der Waals surface area (Å²) in [5.74, 6) is 0.0581. The molecule has 0 spiro atoms. The highest BCUT2D eigenvalue weighted by Crippen LogP contribution is 2.18. The molecule has 64 heavy (non-hydrogen) atoms. The lowest BCUT2D eigenvalue weighted by Crippen LogP contribution is -2.30. The molecule has 0 saturated heterocycles. The minimum atomic E-state index is -0.761. The smallest absolute Gasteiger partial charge is 0.306 e. The summed E-state index contributed by atoms with van der Waals surface area (Å²) in [7, 11) is 0. The number of esters is 3. The van der Waals surface area contributed by atoms with Crippen LogP contribution in [0.1, 0.15) is 329 Å². The minimum absolute atomic E-state index is 0.0620. The summed E-state index contributed by atoms with van der Waals surface area (Å²) in [5.41, 5.74) is 0. The van der Waals surface area contributed by atoms with Gasteiger partial charge >= 0.3 is 17.9 Å². The van der Waals surface area contributed by atoms with Crippen LogP contribution in [0.2, 0.25) is 0 Å². The first kappa shape index (κ1) is 62.4. The number of carbonyl (C=O) groups is 3. The molecule has 1 unspecified atom stereocenters. The summed E-state index contributed by atoms with van der Waals surface area (Å²) in [6, 6.07) is 0. The van der Waals surface area contributed by atoms with E-state index < -0.39 is 6.10 Å². The number of carbonyl (C=O) groups excluding carboxylic acids is 3. The van der Waals surface area contributed by atoms with Crippen molar-refractivity contribution in [2.75, 3.05) is 13.2 Å². The number of ether oxygens (including phenoxy) is 3. The first-order valence-corrected chi connectivity index (χ1v) is 28.9. The van der Waals surface area contributed by atoms with Gasteiger partial charge in [0.25, 0.3) is 0 Å². The number of rotatable bonds is 53. The van der Waals surface area contributed by atoms with Crippen LogP contribution in [0.3, 0.4) is 0 Å². The normalized spacial score (nSPS) is 12.4. The molecule has 0 radical (unpaired) electrons. The van der Waals surface area contributed by atoms with Crippen molar-refractivity contribution in [1.82, 2.24) is 0 Å². The first-order valence-electron chi connectivity index (χ1n) is 28.9. The van der Waals surface area contributed by atoms with Crippen molar-refractivity contribution < 1.29 is 28.6 Å². The van der Waals surface area contributed by atoms with Gasteiger partial charge < -0.3 is 14.2 Å². The lowest BCUT2D eigenvalue weighted by Gasteiger charge is -2.18. The van der Waals surface area contributed by atoms with Gasteiger partial charge in [0.1, 0.15) is 13.2 Å². The number of unbranched alkanes of at least 4 members (excludes halogenated alkanes) is 39. The molecule has 0 aliphatic rings. The Balaban J connectivity index is 4.24. The Kier molecular flexibility index (Phi) is 51.1. The predicted molar refractivity (Wildman–Crippen MR) is 275 cm³/mol. The Morgan fingerprint density at radius 2 is 0.547 bits per heavy atom. The Morgan fingerprint density at radius 1 is 0.312 bits per heavy atom. The van der Waals surface area contributed by atoms with Gasteiger partial charge in [0.2, 0.25) is 0 Å². The van der Waals surface area contributed by atoms with E-state index in [1.54, 1.807) is 0 Å². The Labute approximate surface area is 399 Å². The second-order valence-corrected chi connectivity index (χ2v) is 20.2. The zero-order valence-electron chi connectivity index (χ0n) is 43.8.